The van der Waals surface area contributed by atoms with Crippen LogP contribution in [0.25, 0.3) is 0 Å². The number of hydrogen-bond donors (Lipinski definition) is 1. The number of hydrogen-bond acceptors (Lipinski definition) is 1. The van der Waals surface area contributed by atoms with Crippen molar-refractivity contribution in [1.29, 1.82) is 0 Å². The summed E-state index contributed by atoms with van der Waals surface area (Å²) in [7, 11) is 0. The maximum absolute atomic E-state index is 3.46. The predicted octanol–water partition coefficient (Wildman–Crippen LogP) is 3.68. The molecule has 1 heteroatoms. The Balaban J connectivity index is 3.97. The fourth-order valence-corrected chi connectivity index (χ4v) is 1.20. The van der Waals surface area contributed by atoms with Crippen LogP contribution in [-0.2, 0) is 0 Å². The predicted molar refractivity (Wildman–Crippen MR) is 65.6 cm³/mol. The molecule has 0 atom stereocenters. The lowest BCUT2D eigenvalue weighted by molar-refractivity contribution is 0.606. The largest absolute Gasteiger partial charge is 0.311 e. The molecule has 0 aliphatic carbocycles. The third kappa shape index (κ3) is 8.06. The number of nitrogens with one attached hydrogen (secondary N) is 1. The van der Waals surface area contributed by atoms with Crippen molar-refractivity contribution in [2.45, 2.75) is 53.0 Å². The number of unbranched alkanes of at least 4 members (excludes halogenated alkanes) is 1. The monoisotopic (exact) mass is 195 g/mol. The maximum atomic E-state index is 3.46. The average molecular weight is 195 g/mol. The molecule has 0 rings (SSSR count). The Kier molecular flexibility index (Phi) is 8.65. The van der Waals surface area contributed by atoms with Gasteiger partial charge in [-0.25, -0.2) is 0 Å². The van der Waals surface area contributed by atoms with Crippen molar-refractivity contribution in [3.63, 3.8) is 0 Å². The third-order valence-corrected chi connectivity index (χ3v) is 2.11. The van der Waals surface area contributed by atoms with Gasteiger partial charge in [0.05, 0.1) is 0 Å². The third-order valence-electron chi connectivity index (χ3n) is 2.11. The molecule has 1 nitrogen and oxygen atoms in total. The van der Waals surface area contributed by atoms with E-state index in [0.717, 1.165) is 6.54 Å². The van der Waals surface area contributed by atoms with Crippen molar-refractivity contribution in [2.75, 3.05) is 6.54 Å². The van der Waals surface area contributed by atoms with Crippen molar-refractivity contribution >= 4 is 0 Å². The van der Waals surface area contributed by atoms with Gasteiger partial charge in [0.1, 0.15) is 0 Å². The van der Waals surface area contributed by atoms with Gasteiger partial charge in [0.25, 0.3) is 0 Å². The van der Waals surface area contributed by atoms with Gasteiger partial charge in [0.2, 0.25) is 0 Å². The van der Waals surface area contributed by atoms with Crippen LogP contribution < -0.4 is 5.32 Å². The first-order valence-corrected chi connectivity index (χ1v) is 5.74. The Bertz CT molecular complexity index is 178. The summed E-state index contributed by atoms with van der Waals surface area (Å²) >= 11 is 0. The molecular formula is C13H25N. The summed E-state index contributed by atoms with van der Waals surface area (Å²) in [6.45, 7) is 9.70. The van der Waals surface area contributed by atoms with E-state index < -0.39 is 0 Å². The lowest BCUT2D eigenvalue weighted by Gasteiger charge is -2.10. The second kappa shape index (κ2) is 9.01. The molecule has 0 bridgehead atoms. The Hall–Kier alpha value is -0.560. The van der Waals surface area contributed by atoms with Gasteiger partial charge in [-0.05, 0) is 19.8 Å². The van der Waals surface area contributed by atoms with E-state index >= 15 is 0 Å². The molecule has 0 radical (unpaired) electrons. The van der Waals surface area contributed by atoms with E-state index in [1.165, 1.54) is 24.8 Å². The molecule has 0 aliphatic rings. The maximum Gasteiger partial charge on any atom is 0.0170 e. The summed E-state index contributed by atoms with van der Waals surface area (Å²) < 4.78 is 0. The summed E-state index contributed by atoms with van der Waals surface area (Å²) in [5.41, 5.74) is 1.51. The second-order valence-corrected chi connectivity index (χ2v) is 3.99. The minimum atomic E-state index is 0.575. The van der Waals surface area contributed by atoms with E-state index in [2.05, 4.69) is 51.2 Å². The Morgan fingerprint density at radius 1 is 1.36 bits per heavy atom. The lowest BCUT2D eigenvalue weighted by atomic mass is 10.1. The van der Waals surface area contributed by atoms with Crippen LogP contribution in [0.3, 0.4) is 0 Å². The average Bonchev–Trinajstić information content (AvgIpc) is 2.16. The molecule has 1 N–H and O–H groups in total. The van der Waals surface area contributed by atoms with Crippen molar-refractivity contribution in [3.8, 4) is 0 Å². The first kappa shape index (κ1) is 13.4. The van der Waals surface area contributed by atoms with Crippen LogP contribution >= 0.6 is 0 Å². The van der Waals surface area contributed by atoms with Gasteiger partial charge >= 0.3 is 0 Å². The van der Waals surface area contributed by atoms with Crippen LogP contribution in [-0.4, -0.2) is 12.6 Å². The van der Waals surface area contributed by atoms with Gasteiger partial charge in [0, 0.05) is 12.6 Å². The smallest absolute Gasteiger partial charge is 0.0170 e. The topological polar surface area (TPSA) is 12.0 Å². The minimum absolute atomic E-state index is 0.575. The summed E-state index contributed by atoms with van der Waals surface area (Å²) in [6, 6.07) is 0.575. The zero-order chi connectivity index (χ0) is 10.8. The van der Waals surface area contributed by atoms with Gasteiger partial charge in [-0.15, -0.1) is 0 Å². The normalized spacial score (nSPS) is 13.1. The Morgan fingerprint density at radius 2 is 2.07 bits per heavy atom. The lowest BCUT2D eigenvalue weighted by Crippen LogP contribution is -2.24. The van der Waals surface area contributed by atoms with Crippen LogP contribution in [0, 0.1) is 0 Å². The van der Waals surface area contributed by atoms with Crippen LogP contribution in [0.1, 0.15) is 47.0 Å². The van der Waals surface area contributed by atoms with Crippen LogP contribution in [0.15, 0.2) is 23.8 Å². The van der Waals surface area contributed by atoms with Gasteiger partial charge in [0.15, 0.2) is 0 Å². The standard InChI is InChI=1S/C13H25N/c1-5-7-9-13(10-8-6-2)11-14-12(3)4/h5,7,9,12,14H,6,8,10-11H2,1-4H3. The highest BCUT2D eigenvalue weighted by Crippen LogP contribution is 2.06. The molecule has 0 fully saturated rings. The van der Waals surface area contributed by atoms with Crippen molar-refractivity contribution in [3.05, 3.63) is 23.8 Å². The molecule has 0 aromatic carbocycles. The highest BCUT2D eigenvalue weighted by atomic mass is 14.9. The molecule has 0 saturated heterocycles. The molecule has 0 spiro atoms. The Labute approximate surface area is 89.3 Å². The summed E-state index contributed by atoms with van der Waals surface area (Å²) in [5, 5.41) is 3.46. The first-order valence-electron chi connectivity index (χ1n) is 5.74. The molecule has 82 valence electrons. The van der Waals surface area contributed by atoms with Gasteiger partial charge < -0.3 is 5.32 Å². The van der Waals surface area contributed by atoms with Gasteiger partial charge in [-0.1, -0.05) is 51.0 Å². The van der Waals surface area contributed by atoms with E-state index in [0.29, 0.717) is 6.04 Å². The van der Waals surface area contributed by atoms with Crippen molar-refractivity contribution in [1.82, 2.24) is 5.32 Å². The zero-order valence-corrected chi connectivity index (χ0v) is 10.1. The minimum Gasteiger partial charge on any atom is -0.311 e. The molecule has 0 amide bonds. The van der Waals surface area contributed by atoms with Crippen LogP contribution in [0.5, 0.6) is 0 Å². The van der Waals surface area contributed by atoms with Crippen LogP contribution in [0.4, 0.5) is 0 Å². The molecule has 0 unspecified atom stereocenters. The number of allylic oxidation sites excluding steroid dienone is 3. The van der Waals surface area contributed by atoms with Gasteiger partial charge in [-0.2, -0.15) is 0 Å². The van der Waals surface area contributed by atoms with Crippen LogP contribution in [0.2, 0.25) is 0 Å². The summed E-state index contributed by atoms with van der Waals surface area (Å²) in [5.74, 6) is 0. The molecule has 0 saturated carbocycles. The fraction of sp³-hybridized carbons (Fsp3) is 0.692. The molecule has 0 aromatic rings. The van der Waals surface area contributed by atoms with E-state index in [4.69, 9.17) is 0 Å². The molecule has 0 aromatic heterocycles. The Morgan fingerprint density at radius 3 is 2.57 bits per heavy atom. The second-order valence-electron chi connectivity index (χ2n) is 3.99. The zero-order valence-electron chi connectivity index (χ0n) is 10.1. The molecule has 0 heterocycles. The number of rotatable bonds is 7. The van der Waals surface area contributed by atoms with Gasteiger partial charge in [-0.3, -0.25) is 0 Å². The summed E-state index contributed by atoms with van der Waals surface area (Å²) in [6.07, 6.45) is 10.2. The van der Waals surface area contributed by atoms with E-state index in [1.807, 2.05) is 0 Å². The van der Waals surface area contributed by atoms with E-state index in [-0.39, 0.29) is 0 Å². The van der Waals surface area contributed by atoms with E-state index in [1.54, 1.807) is 0 Å². The fourth-order valence-electron chi connectivity index (χ4n) is 1.20. The molecule has 0 aliphatic heterocycles. The van der Waals surface area contributed by atoms with Crippen molar-refractivity contribution < 1.29 is 0 Å². The molecular weight excluding hydrogens is 170 g/mol. The quantitative estimate of drug-likeness (QED) is 0.611. The van der Waals surface area contributed by atoms with Crippen molar-refractivity contribution in [2.24, 2.45) is 0 Å². The first-order chi connectivity index (χ1) is 6.70. The summed E-state index contributed by atoms with van der Waals surface area (Å²) in [4.78, 5) is 0. The van der Waals surface area contributed by atoms with E-state index in [9.17, 15) is 0 Å². The highest BCUT2D eigenvalue weighted by molar-refractivity contribution is 5.13. The highest BCUT2D eigenvalue weighted by Gasteiger charge is 1.97. The molecule has 14 heavy (non-hydrogen) atoms. The SMILES string of the molecule is CC=CC=C(CCCC)CNC(C)C.